The topological polar surface area (TPSA) is 134 Å². The van der Waals surface area contributed by atoms with Gasteiger partial charge < -0.3 is 19.5 Å². The SMILES string of the molecule is CCC(C)n1ncn(-c2ccc(NCCN(O)c3ccc(OC[C@@H]4CO[C@@](Cn5cncn5)(c5ccc(Cl)cc5Cl)O4)cc3)cc2)c1=O. The first-order valence-electron chi connectivity index (χ1n) is 15.5. The molecular weight excluding hydrogens is 659 g/mol. The summed E-state index contributed by atoms with van der Waals surface area (Å²) in [5, 5.41) is 24.4. The summed E-state index contributed by atoms with van der Waals surface area (Å²) >= 11 is 12.7. The number of ether oxygens (including phenoxy) is 3. The Morgan fingerprint density at radius 3 is 2.60 bits per heavy atom. The highest BCUT2D eigenvalue weighted by atomic mass is 35.5. The molecule has 3 atom stereocenters. The van der Waals surface area contributed by atoms with Crippen LogP contribution in [0.25, 0.3) is 5.69 Å². The van der Waals surface area contributed by atoms with Crippen molar-refractivity contribution < 1.29 is 19.4 Å². The van der Waals surface area contributed by atoms with Crippen molar-refractivity contribution in [2.45, 2.75) is 44.7 Å². The second-order valence-electron chi connectivity index (χ2n) is 11.4. The minimum absolute atomic E-state index is 0.0337. The molecule has 2 aromatic heterocycles. The number of benzene rings is 3. The van der Waals surface area contributed by atoms with Crippen LogP contribution in [-0.2, 0) is 21.8 Å². The zero-order valence-corrected chi connectivity index (χ0v) is 28.0. The molecule has 1 aliphatic heterocycles. The molecule has 1 unspecified atom stereocenters. The zero-order valence-electron chi connectivity index (χ0n) is 26.4. The number of hydrogen-bond donors (Lipinski definition) is 2. The molecule has 252 valence electrons. The average molecular weight is 696 g/mol. The molecule has 3 aromatic carbocycles. The van der Waals surface area contributed by atoms with Gasteiger partial charge in [0.15, 0.2) is 0 Å². The number of hydroxylamine groups is 1. The van der Waals surface area contributed by atoms with Gasteiger partial charge in [-0.15, -0.1) is 0 Å². The second-order valence-corrected chi connectivity index (χ2v) is 12.3. The van der Waals surface area contributed by atoms with Gasteiger partial charge >= 0.3 is 5.69 Å². The van der Waals surface area contributed by atoms with Crippen molar-refractivity contribution in [1.82, 2.24) is 29.1 Å². The quantitative estimate of drug-likeness (QED) is 0.142. The first-order valence-corrected chi connectivity index (χ1v) is 16.3. The third kappa shape index (κ3) is 7.50. The van der Waals surface area contributed by atoms with E-state index in [4.69, 9.17) is 37.4 Å². The van der Waals surface area contributed by atoms with Crippen LogP contribution in [0.3, 0.4) is 0 Å². The Kier molecular flexibility index (Phi) is 10.3. The van der Waals surface area contributed by atoms with E-state index >= 15 is 0 Å². The van der Waals surface area contributed by atoms with E-state index in [-0.39, 0.29) is 31.5 Å². The third-order valence-corrected chi connectivity index (χ3v) is 8.66. The largest absolute Gasteiger partial charge is 0.491 e. The monoisotopic (exact) mass is 694 g/mol. The van der Waals surface area contributed by atoms with Gasteiger partial charge in [0.25, 0.3) is 0 Å². The van der Waals surface area contributed by atoms with Gasteiger partial charge in [0.05, 0.1) is 35.6 Å². The normalized spacial score (nSPS) is 18.1. The Bertz CT molecular complexity index is 1850. The third-order valence-electron chi connectivity index (χ3n) is 8.11. The summed E-state index contributed by atoms with van der Waals surface area (Å²) in [6.07, 6.45) is 4.99. The van der Waals surface area contributed by atoms with Crippen molar-refractivity contribution in [1.29, 1.82) is 0 Å². The maximum atomic E-state index is 12.7. The fourth-order valence-corrected chi connectivity index (χ4v) is 5.88. The maximum Gasteiger partial charge on any atom is 0.350 e. The molecule has 0 spiro atoms. The smallest absolute Gasteiger partial charge is 0.350 e. The van der Waals surface area contributed by atoms with Gasteiger partial charge in [0.2, 0.25) is 5.79 Å². The standard InChI is InChI=1S/C33H36Cl2N8O5/c1-3-23(2)43-32(44)41(22-39-43)26-7-5-25(6-8-26)37-14-15-42(45)27-9-11-28(12-10-27)46-17-29-18-47-33(48-29,19-40-21-36-20-38-40)30-13-4-24(34)16-31(30)35/h4-13,16,20-23,29,37,45H,3,14-15,17-19H2,1-2H3/t23?,29-,33-/m1/s1. The van der Waals surface area contributed by atoms with E-state index < -0.39 is 11.9 Å². The molecule has 15 heteroatoms. The van der Waals surface area contributed by atoms with Crippen LogP contribution in [0.4, 0.5) is 11.4 Å². The van der Waals surface area contributed by atoms with E-state index in [9.17, 15) is 10.0 Å². The van der Waals surface area contributed by atoms with Crippen LogP contribution in [0.1, 0.15) is 31.9 Å². The van der Waals surface area contributed by atoms with E-state index in [2.05, 4.69) is 20.5 Å². The molecule has 3 heterocycles. The predicted molar refractivity (Wildman–Crippen MR) is 181 cm³/mol. The van der Waals surface area contributed by atoms with Crippen LogP contribution in [-0.4, -0.2) is 66.7 Å². The van der Waals surface area contributed by atoms with E-state index in [1.165, 1.54) is 15.6 Å². The van der Waals surface area contributed by atoms with Gasteiger partial charge in [0.1, 0.15) is 44.0 Å². The summed E-state index contributed by atoms with van der Waals surface area (Å²) in [7, 11) is 0. The lowest BCUT2D eigenvalue weighted by atomic mass is 10.1. The van der Waals surface area contributed by atoms with Crippen molar-refractivity contribution in [3.05, 3.63) is 112 Å². The molecule has 0 bridgehead atoms. The van der Waals surface area contributed by atoms with Crippen LogP contribution in [0.2, 0.25) is 10.0 Å². The lowest BCUT2D eigenvalue weighted by Gasteiger charge is -2.29. The van der Waals surface area contributed by atoms with Crippen molar-refractivity contribution in [2.75, 3.05) is 36.7 Å². The lowest BCUT2D eigenvalue weighted by molar-refractivity contribution is -0.190. The van der Waals surface area contributed by atoms with Crippen molar-refractivity contribution in [3.8, 4) is 11.4 Å². The van der Waals surface area contributed by atoms with E-state index in [1.54, 1.807) is 59.8 Å². The number of nitrogens with zero attached hydrogens (tertiary/aromatic N) is 7. The molecule has 6 rings (SSSR count). The fraction of sp³-hybridized carbons (Fsp3) is 0.333. The van der Waals surface area contributed by atoms with Gasteiger partial charge in [0, 0.05) is 22.8 Å². The molecule has 0 amide bonds. The van der Waals surface area contributed by atoms with E-state index in [0.29, 0.717) is 40.1 Å². The summed E-state index contributed by atoms with van der Waals surface area (Å²) in [5.74, 6) is -0.585. The van der Waals surface area contributed by atoms with E-state index in [0.717, 1.165) is 22.9 Å². The average Bonchev–Trinajstić information content (AvgIpc) is 3.85. The highest BCUT2D eigenvalue weighted by Crippen LogP contribution is 2.40. The molecule has 13 nitrogen and oxygen atoms in total. The highest BCUT2D eigenvalue weighted by molar-refractivity contribution is 6.35. The number of halogens is 2. The van der Waals surface area contributed by atoms with Gasteiger partial charge in [-0.05, 0) is 74.0 Å². The van der Waals surface area contributed by atoms with Gasteiger partial charge in [-0.3, -0.25) is 10.3 Å². The number of hydrogen-bond acceptors (Lipinski definition) is 10. The fourth-order valence-electron chi connectivity index (χ4n) is 5.33. The van der Waals surface area contributed by atoms with E-state index in [1.807, 2.05) is 38.1 Å². The van der Waals surface area contributed by atoms with Crippen LogP contribution in [0, 0.1) is 0 Å². The Labute approximate surface area is 287 Å². The van der Waals surface area contributed by atoms with Crippen LogP contribution < -0.4 is 20.8 Å². The molecule has 2 N–H and O–H groups in total. The lowest BCUT2D eigenvalue weighted by Crippen LogP contribution is -2.35. The molecule has 1 fully saturated rings. The molecular formula is C33H36Cl2N8O5. The maximum absolute atomic E-state index is 12.7. The number of anilines is 2. The van der Waals surface area contributed by atoms with Crippen molar-refractivity contribution >= 4 is 34.6 Å². The van der Waals surface area contributed by atoms with Crippen LogP contribution in [0.5, 0.6) is 5.75 Å². The number of aromatic nitrogens is 6. The first kappa shape index (κ1) is 33.5. The summed E-state index contributed by atoms with van der Waals surface area (Å²) < 4.78 is 23.3. The Morgan fingerprint density at radius 2 is 1.90 bits per heavy atom. The van der Waals surface area contributed by atoms with Gasteiger partial charge in [-0.2, -0.15) is 10.2 Å². The Balaban J connectivity index is 0.990. The number of rotatable bonds is 14. The summed E-state index contributed by atoms with van der Waals surface area (Å²) in [6.45, 7) is 5.53. The Morgan fingerprint density at radius 1 is 1.10 bits per heavy atom. The molecule has 0 saturated carbocycles. The predicted octanol–water partition coefficient (Wildman–Crippen LogP) is 5.56. The van der Waals surface area contributed by atoms with Crippen LogP contribution in [0.15, 0.2) is 90.5 Å². The minimum Gasteiger partial charge on any atom is -0.491 e. The molecule has 48 heavy (non-hydrogen) atoms. The minimum atomic E-state index is -1.20. The van der Waals surface area contributed by atoms with Crippen molar-refractivity contribution in [3.63, 3.8) is 0 Å². The second kappa shape index (κ2) is 14.8. The Hall–Kier alpha value is -4.40. The number of nitrogens with one attached hydrogen (secondary N) is 1. The zero-order chi connectivity index (χ0) is 33.7. The van der Waals surface area contributed by atoms with Gasteiger partial charge in [-0.1, -0.05) is 36.2 Å². The molecule has 0 aliphatic carbocycles. The molecule has 5 aromatic rings. The van der Waals surface area contributed by atoms with Crippen LogP contribution >= 0.6 is 23.2 Å². The molecule has 0 radical (unpaired) electrons. The summed E-state index contributed by atoms with van der Waals surface area (Å²) in [5.41, 5.74) is 2.67. The summed E-state index contributed by atoms with van der Waals surface area (Å²) in [4.78, 5) is 16.7. The van der Waals surface area contributed by atoms with Gasteiger partial charge in [-0.25, -0.2) is 23.7 Å². The molecule has 1 saturated heterocycles. The highest BCUT2D eigenvalue weighted by Gasteiger charge is 2.45. The first-order chi connectivity index (χ1) is 23.2. The van der Waals surface area contributed by atoms with Crippen molar-refractivity contribution in [2.24, 2.45) is 0 Å². The molecule has 1 aliphatic rings. The summed E-state index contributed by atoms with van der Waals surface area (Å²) in [6, 6.07) is 19.8.